The third-order valence-electron chi connectivity index (χ3n) is 4.22. The van der Waals surface area contributed by atoms with Crippen molar-refractivity contribution in [2.75, 3.05) is 6.61 Å². The van der Waals surface area contributed by atoms with Crippen molar-refractivity contribution in [3.8, 4) is 0 Å². The van der Waals surface area contributed by atoms with E-state index in [-0.39, 0.29) is 28.8 Å². The Hall–Kier alpha value is -1.07. The molecule has 2 aliphatic rings. The Morgan fingerprint density at radius 2 is 2.00 bits per heavy atom. The summed E-state index contributed by atoms with van der Waals surface area (Å²) < 4.78 is 7.07. The molecular formula is C14H19ClN2O3. The van der Waals surface area contributed by atoms with Crippen molar-refractivity contribution in [2.45, 2.75) is 51.2 Å². The van der Waals surface area contributed by atoms with Crippen molar-refractivity contribution >= 4 is 11.6 Å². The molecule has 2 unspecified atom stereocenters. The average Bonchev–Trinajstić information content (AvgIpc) is 3.08. The minimum atomic E-state index is -0.425. The number of hydrogen-bond acceptors (Lipinski definition) is 3. The van der Waals surface area contributed by atoms with E-state index >= 15 is 0 Å². The van der Waals surface area contributed by atoms with E-state index in [1.165, 1.54) is 4.57 Å². The van der Waals surface area contributed by atoms with Crippen LogP contribution in [0.4, 0.5) is 0 Å². The Morgan fingerprint density at radius 3 is 2.60 bits per heavy atom. The molecule has 0 spiro atoms. The highest BCUT2D eigenvalue weighted by atomic mass is 35.5. The number of H-pyrrole nitrogens is 1. The van der Waals surface area contributed by atoms with E-state index in [4.69, 9.17) is 16.3 Å². The summed E-state index contributed by atoms with van der Waals surface area (Å²) in [7, 11) is 0. The third kappa shape index (κ3) is 2.23. The first kappa shape index (κ1) is 13.9. The van der Waals surface area contributed by atoms with Crippen molar-refractivity contribution in [2.24, 2.45) is 5.92 Å². The normalized spacial score (nSPS) is 26.4. The fourth-order valence-corrected chi connectivity index (χ4v) is 3.47. The number of nitrogens with zero attached hydrogens (tertiary/aromatic N) is 1. The van der Waals surface area contributed by atoms with Gasteiger partial charge in [0.25, 0.3) is 5.56 Å². The van der Waals surface area contributed by atoms with Crippen LogP contribution in [0.5, 0.6) is 0 Å². The van der Waals surface area contributed by atoms with Crippen LogP contribution in [0.25, 0.3) is 0 Å². The highest BCUT2D eigenvalue weighted by Crippen LogP contribution is 2.42. The number of aromatic nitrogens is 2. The van der Waals surface area contributed by atoms with Gasteiger partial charge in [-0.05, 0) is 31.1 Å². The summed E-state index contributed by atoms with van der Waals surface area (Å²) in [6.07, 6.45) is 2.95. The first-order valence-electron chi connectivity index (χ1n) is 7.16. The maximum Gasteiger partial charge on any atom is 0.329 e. The Balaban J connectivity index is 2.11. The summed E-state index contributed by atoms with van der Waals surface area (Å²) in [4.78, 5) is 27.4. The van der Waals surface area contributed by atoms with Crippen molar-refractivity contribution in [3.05, 3.63) is 31.6 Å². The lowest BCUT2D eigenvalue weighted by molar-refractivity contribution is 0.0734. The molecule has 1 aromatic rings. The average molecular weight is 299 g/mol. The van der Waals surface area contributed by atoms with Gasteiger partial charge in [0.1, 0.15) is 5.15 Å². The van der Waals surface area contributed by atoms with E-state index < -0.39 is 5.69 Å². The SMILES string of the molecule is CC(C)c1c(Cl)[nH]c(=O)n(C2CCOC2C2CC2)c1=O. The van der Waals surface area contributed by atoms with Crippen LogP contribution in [0, 0.1) is 5.92 Å². The highest BCUT2D eigenvalue weighted by Gasteiger charge is 2.42. The number of hydrogen-bond donors (Lipinski definition) is 1. The molecule has 110 valence electrons. The highest BCUT2D eigenvalue weighted by molar-refractivity contribution is 6.30. The molecule has 6 heteroatoms. The van der Waals surface area contributed by atoms with E-state index in [1.807, 2.05) is 13.8 Å². The van der Waals surface area contributed by atoms with E-state index in [0.717, 1.165) is 12.8 Å². The summed E-state index contributed by atoms with van der Waals surface area (Å²) in [5.41, 5.74) is -0.215. The second kappa shape index (κ2) is 5.04. The van der Waals surface area contributed by atoms with Crippen molar-refractivity contribution < 1.29 is 4.74 Å². The molecule has 3 rings (SSSR count). The van der Waals surface area contributed by atoms with Crippen LogP contribution in [-0.2, 0) is 4.74 Å². The van der Waals surface area contributed by atoms with Gasteiger partial charge < -0.3 is 4.74 Å². The van der Waals surface area contributed by atoms with E-state index in [9.17, 15) is 9.59 Å². The molecule has 2 atom stereocenters. The van der Waals surface area contributed by atoms with Gasteiger partial charge in [0.2, 0.25) is 0 Å². The Labute approximate surface area is 121 Å². The van der Waals surface area contributed by atoms with E-state index in [2.05, 4.69) is 4.98 Å². The van der Waals surface area contributed by atoms with Gasteiger partial charge >= 0.3 is 5.69 Å². The molecule has 1 saturated carbocycles. The molecule has 0 bridgehead atoms. The second-order valence-electron chi connectivity index (χ2n) is 6.02. The summed E-state index contributed by atoms with van der Waals surface area (Å²) in [5.74, 6) is 0.465. The summed E-state index contributed by atoms with van der Waals surface area (Å²) in [5, 5.41) is 0.160. The van der Waals surface area contributed by atoms with Gasteiger partial charge in [0, 0.05) is 6.61 Å². The number of aromatic amines is 1. The van der Waals surface area contributed by atoms with Gasteiger partial charge in [-0.25, -0.2) is 4.79 Å². The summed E-state index contributed by atoms with van der Waals surface area (Å²) >= 11 is 6.02. The zero-order chi connectivity index (χ0) is 14.4. The van der Waals surface area contributed by atoms with Crippen molar-refractivity contribution in [1.29, 1.82) is 0 Å². The molecule has 0 aromatic carbocycles. The van der Waals surface area contributed by atoms with Crippen LogP contribution in [0.2, 0.25) is 5.15 Å². The van der Waals surface area contributed by atoms with Gasteiger partial charge in [-0.2, -0.15) is 0 Å². The van der Waals surface area contributed by atoms with Crippen LogP contribution in [0.1, 0.15) is 50.6 Å². The van der Waals surface area contributed by atoms with E-state index in [1.54, 1.807) is 0 Å². The largest absolute Gasteiger partial charge is 0.376 e. The maximum absolute atomic E-state index is 12.6. The zero-order valence-corrected chi connectivity index (χ0v) is 12.4. The molecule has 1 aliphatic carbocycles. The summed E-state index contributed by atoms with van der Waals surface area (Å²) in [6, 6.07) is -0.159. The number of ether oxygens (including phenoxy) is 1. The molecule has 1 aliphatic heterocycles. The molecule has 2 heterocycles. The van der Waals surface area contributed by atoms with Crippen LogP contribution >= 0.6 is 11.6 Å². The smallest absolute Gasteiger partial charge is 0.329 e. The lowest BCUT2D eigenvalue weighted by Crippen LogP contribution is -2.43. The molecule has 0 radical (unpaired) electrons. The van der Waals surface area contributed by atoms with Crippen LogP contribution in [0.15, 0.2) is 9.59 Å². The second-order valence-corrected chi connectivity index (χ2v) is 6.39. The zero-order valence-electron chi connectivity index (χ0n) is 11.7. The Morgan fingerprint density at radius 1 is 1.30 bits per heavy atom. The lowest BCUT2D eigenvalue weighted by Gasteiger charge is -2.21. The van der Waals surface area contributed by atoms with Gasteiger partial charge in [-0.1, -0.05) is 25.4 Å². The van der Waals surface area contributed by atoms with Crippen molar-refractivity contribution in [3.63, 3.8) is 0 Å². The number of halogens is 1. The topological polar surface area (TPSA) is 64.1 Å². The minimum Gasteiger partial charge on any atom is -0.376 e. The molecule has 1 aromatic heterocycles. The maximum atomic E-state index is 12.6. The lowest BCUT2D eigenvalue weighted by atomic mass is 10.0. The molecule has 0 amide bonds. The standard InChI is InChI=1S/C14H19ClN2O3/c1-7(2)10-12(15)16-14(19)17(13(10)18)9-5-6-20-11(9)8-3-4-8/h7-9,11H,3-6H2,1-2H3,(H,16,19). The Bertz CT molecular complexity index is 630. The number of nitrogens with one attached hydrogen (secondary N) is 1. The predicted octanol–water partition coefficient (Wildman–Crippen LogP) is 2.05. The molecule has 5 nitrogen and oxygen atoms in total. The van der Waals surface area contributed by atoms with Crippen molar-refractivity contribution in [1.82, 2.24) is 9.55 Å². The van der Waals surface area contributed by atoms with Crippen LogP contribution < -0.4 is 11.2 Å². The molecular weight excluding hydrogens is 280 g/mol. The Kier molecular flexibility index (Phi) is 3.50. The van der Waals surface area contributed by atoms with Gasteiger partial charge in [-0.3, -0.25) is 14.3 Å². The first-order chi connectivity index (χ1) is 9.50. The summed E-state index contributed by atoms with van der Waals surface area (Å²) in [6.45, 7) is 4.40. The number of rotatable bonds is 3. The molecule has 1 saturated heterocycles. The van der Waals surface area contributed by atoms with E-state index in [0.29, 0.717) is 24.5 Å². The van der Waals surface area contributed by atoms with Crippen LogP contribution in [-0.4, -0.2) is 22.3 Å². The first-order valence-corrected chi connectivity index (χ1v) is 7.54. The predicted molar refractivity (Wildman–Crippen MR) is 76.5 cm³/mol. The van der Waals surface area contributed by atoms with Gasteiger partial charge in [0.15, 0.2) is 0 Å². The quantitative estimate of drug-likeness (QED) is 0.869. The monoisotopic (exact) mass is 298 g/mol. The third-order valence-corrected chi connectivity index (χ3v) is 4.52. The molecule has 1 N–H and O–H groups in total. The molecule has 20 heavy (non-hydrogen) atoms. The molecule has 2 fully saturated rings. The van der Waals surface area contributed by atoms with Gasteiger partial charge in [0.05, 0.1) is 17.7 Å². The van der Waals surface area contributed by atoms with Crippen LogP contribution in [0.3, 0.4) is 0 Å². The fraction of sp³-hybridized carbons (Fsp3) is 0.714. The van der Waals surface area contributed by atoms with Gasteiger partial charge in [-0.15, -0.1) is 0 Å². The fourth-order valence-electron chi connectivity index (χ4n) is 3.09. The minimum absolute atomic E-state index is 0.00464.